The van der Waals surface area contributed by atoms with Gasteiger partial charge in [0.1, 0.15) is 6.07 Å². The maximum atomic E-state index is 12.3. The molecule has 1 aromatic heterocycles. The van der Waals surface area contributed by atoms with E-state index in [2.05, 4.69) is 5.32 Å². The topological polar surface area (TPSA) is 146 Å². The van der Waals surface area contributed by atoms with Gasteiger partial charge in [0.15, 0.2) is 11.3 Å². The summed E-state index contributed by atoms with van der Waals surface area (Å²) < 4.78 is 15.9. The zero-order chi connectivity index (χ0) is 23.8. The molecule has 10 nitrogen and oxygen atoms in total. The lowest BCUT2D eigenvalue weighted by Gasteiger charge is -2.15. The van der Waals surface area contributed by atoms with Crippen molar-refractivity contribution in [1.29, 1.82) is 5.26 Å². The number of nitrogens with zero attached hydrogens (tertiary/aromatic N) is 2. The maximum absolute atomic E-state index is 12.3. The number of carbonyl (C=O) groups is 3. The molecule has 11 heteroatoms. The van der Waals surface area contributed by atoms with Crippen LogP contribution in [0.2, 0.25) is 5.02 Å². The van der Waals surface area contributed by atoms with E-state index in [-0.39, 0.29) is 35.7 Å². The molecule has 0 aliphatic heterocycles. The fraction of sp³-hybridized carbons (Fsp3) is 0.238. The number of esters is 3. The molecule has 0 saturated heterocycles. The zero-order valence-corrected chi connectivity index (χ0v) is 18.4. The molecule has 168 valence electrons. The summed E-state index contributed by atoms with van der Waals surface area (Å²) in [5.74, 6) is -2.52. The largest absolute Gasteiger partial charge is 0.464 e. The second-order valence-electron chi connectivity index (χ2n) is 6.08. The second-order valence-corrected chi connectivity index (χ2v) is 6.52. The van der Waals surface area contributed by atoms with Crippen LogP contribution < -0.4 is 11.1 Å². The first-order chi connectivity index (χ1) is 15.3. The molecule has 1 heterocycles. The second kappa shape index (κ2) is 10.9. The van der Waals surface area contributed by atoms with Crippen LogP contribution in [-0.4, -0.2) is 42.8 Å². The Morgan fingerprint density at radius 1 is 1.22 bits per heavy atom. The van der Waals surface area contributed by atoms with Crippen LogP contribution in [0.25, 0.3) is 5.69 Å². The number of hydrogen-bond acceptors (Lipinski definition) is 9. The third-order valence-corrected chi connectivity index (χ3v) is 4.36. The highest BCUT2D eigenvalue weighted by molar-refractivity contribution is 6.31. The molecular weight excluding hydrogens is 440 g/mol. The van der Waals surface area contributed by atoms with E-state index in [9.17, 15) is 19.6 Å². The molecule has 0 atom stereocenters. The van der Waals surface area contributed by atoms with Crippen LogP contribution in [0.15, 0.2) is 36.2 Å². The molecule has 32 heavy (non-hydrogen) atoms. The summed E-state index contributed by atoms with van der Waals surface area (Å²) in [6.07, 6.45) is 2.47. The van der Waals surface area contributed by atoms with Gasteiger partial charge in [-0.25, -0.2) is 14.4 Å². The molecule has 0 unspecified atom stereocenters. The van der Waals surface area contributed by atoms with Crippen LogP contribution in [-0.2, 0) is 23.8 Å². The highest BCUT2D eigenvalue weighted by Crippen LogP contribution is 2.31. The number of halogens is 1. The highest BCUT2D eigenvalue weighted by Gasteiger charge is 2.24. The van der Waals surface area contributed by atoms with E-state index in [1.54, 1.807) is 26.0 Å². The molecule has 0 fully saturated rings. The summed E-state index contributed by atoms with van der Waals surface area (Å²) in [6.45, 7) is 3.32. The average molecular weight is 461 g/mol. The Balaban J connectivity index is 2.62. The number of methoxy groups -OCH3 is 1. The summed E-state index contributed by atoms with van der Waals surface area (Å²) in [4.78, 5) is 36.7. The summed E-state index contributed by atoms with van der Waals surface area (Å²) in [6, 6.07) is 6.50. The number of nitrogens with two attached hydrogens (primary N) is 1. The highest BCUT2D eigenvalue weighted by atomic mass is 35.5. The Kier molecular flexibility index (Phi) is 8.26. The van der Waals surface area contributed by atoms with Crippen molar-refractivity contribution in [3.8, 4) is 11.8 Å². The van der Waals surface area contributed by atoms with Gasteiger partial charge < -0.3 is 29.8 Å². The van der Waals surface area contributed by atoms with Crippen molar-refractivity contribution in [2.45, 2.75) is 13.8 Å². The minimum Gasteiger partial charge on any atom is -0.464 e. The number of nitrogens with one attached hydrogen (secondary N) is 1. The molecule has 0 spiro atoms. The molecule has 0 bridgehead atoms. The van der Waals surface area contributed by atoms with Crippen LogP contribution in [0, 0.1) is 11.3 Å². The van der Waals surface area contributed by atoms with Gasteiger partial charge in [-0.15, -0.1) is 0 Å². The molecule has 0 radical (unpaired) electrons. The first-order valence-corrected chi connectivity index (χ1v) is 9.76. The minimum absolute atomic E-state index is 0.0469. The number of aromatic nitrogens is 1. The molecule has 2 aromatic rings. The van der Waals surface area contributed by atoms with Gasteiger partial charge in [-0.3, -0.25) is 0 Å². The third kappa shape index (κ3) is 5.19. The number of ether oxygens (including phenoxy) is 3. The lowest BCUT2D eigenvalue weighted by atomic mass is 10.2. The van der Waals surface area contributed by atoms with E-state index in [4.69, 9.17) is 31.5 Å². The summed E-state index contributed by atoms with van der Waals surface area (Å²) in [5, 5.41) is 12.5. The number of nitriles is 1. The molecular formula is C21H21ClN4O6. The number of rotatable bonds is 8. The maximum Gasteiger partial charge on any atom is 0.357 e. The molecule has 0 aliphatic rings. The smallest absolute Gasteiger partial charge is 0.357 e. The summed E-state index contributed by atoms with van der Waals surface area (Å²) >= 11 is 6.14. The monoisotopic (exact) mass is 460 g/mol. The fourth-order valence-corrected chi connectivity index (χ4v) is 2.87. The van der Waals surface area contributed by atoms with Gasteiger partial charge in [0, 0.05) is 17.4 Å². The van der Waals surface area contributed by atoms with E-state index < -0.39 is 17.9 Å². The van der Waals surface area contributed by atoms with Gasteiger partial charge >= 0.3 is 17.9 Å². The molecule has 0 saturated carbocycles. The lowest BCUT2D eigenvalue weighted by Crippen LogP contribution is -2.19. The van der Waals surface area contributed by atoms with Gasteiger partial charge in [-0.2, -0.15) is 5.26 Å². The molecule has 1 aromatic carbocycles. The molecule has 2 rings (SSSR count). The number of carbonyl (C=O) groups excluding carboxylic acids is 3. The van der Waals surface area contributed by atoms with Crippen LogP contribution in [0.3, 0.4) is 0 Å². The predicted molar refractivity (Wildman–Crippen MR) is 116 cm³/mol. The number of anilines is 2. The predicted octanol–water partition coefficient (Wildman–Crippen LogP) is 2.79. The standard InChI is InChI=1S/C21H21ClN4O6/c1-4-31-19(27)14(20(28)32-5-2)10-25-15-7-6-13(22)8-16(15)26-11-12(9-23)17(24)18(26)21(29)30-3/h6-8,10-11,25H,4-5,24H2,1-3H3. The van der Waals surface area contributed by atoms with Crippen molar-refractivity contribution in [2.75, 3.05) is 31.4 Å². The van der Waals surface area contributed by atoms with Gasteiger partial charge in [0.05, 0.1) is 42.9 Å². The average Bonchev–Trinajstić information content (AvgIpc) is 3.10. The van der Waals surface area contributed by atoms with Crippen LogP contribution in [0.1, 0.15) is 29.9 Å². The van der Waals surface area contributed by atoms with Crippen molar-refractivity contribution in [2.24, 2.45) is 0 Å². The van der Waals surface area contributed by atoms with Crippen molar-refractivity contribution in [1.82, 2.24) is 4.57 Å². The van der Waals surface area contributed by atoms with Gasteiger partial charge in [-0.1, -0.05) is 11.6 Å². The Hall–Kier alpha value is -3.97. The van der Waals surface area contributed by atoms with Gasteiger partial charge in [-0.05, 0) is 32.0 Å². The minimum atomic E-state index is -0.874. The summed E-state index contributed by atoms with van der Waals surface area (Å²) in [5.41, 5.74) is 6.10. The Morgan fingerprint density at radius 2 is 1.84 bits per heavy atom. The molecule has 0 amide bonds. The third-order valence-electron chi connectivity index (χ3n) is 4.13. The normalized spacial score (nSPS) is 9.97. The first-order valence-electron chi connectivity index (χ1n) is 9.39. The van der Waals surface area contributed by atoms with Crippen LogP contribution in [0.5, 0.6) is 0 Å². The van der Waals surface area contributed by atoms with Crippen molar-refractivity contribution in [3.05, 3.63) is 52.4 Å². The lowest BCUT2D eigenvalue weighted by molar-refractivity contribution is -0.146. The summed E-state index contributed by atoms with van der Waals surface area (Å²) in [7, 11) is 1.18. The number of benzene rings is 1. The van der Waals surface area contributed by atoms with Gasteiger partial charge in [0.2, 0.25) is 0 Å². The quantitative estimate of drug-likeness (QED) is 0.199. The fourth-order valence-electron chi connectivity index (χ4n) is 2.70. The van der Waals surface area contributed by atoms with E-state index in [1.165, 1.54) is 23.9 Å². The Labute approximate surface area is 189 Å². The van der Waals surface area contributed by atoms with Crippen LogP contribution >= 0.6 is 11.6 Å². The van der Waals surface area contributed by atoms with E-state index in [0.717, 1.165) is 6.20 Å². The van der Waals surface area contributed by atoms with Crippen LogP contribution in [0.4, 0.5) is 11.4 Å². The number of nitrogen functional groups attached to an aromatic ring is 1. The van der Waals surface area contributed by atoms with Crippen molar-refractivity contribution in [3.63, 3.8) is 0 Å². The van der Waals surface area contributed by atoms with E-state index >= 15 is 0 Å². The first kappa shape index (κ1) is 24.3. The van der Waals surface area contributed by atoms with Crippen molar-refractivity contribution < 1.29 is 28.6 Å². The van der Waals surface area contributed by atoms with Crippen molar-refractivity contribution >= 4 is 40.9 Å². The Bertz CT molecular complexity index is 1100. The van der Waals surface area contributed by atoms with Gasteiger partial charge in [0.25, 0.3) is 0 Å². The van der Waals surface area contributed by atoms with E-state index in [0.29, 0.717) is 16.4 Å². The molecule has 0 aliphatic carbocycles. The zero-order valence-electron chi connectivity index (χ0n) is 17.6. The number of hydrogen-bond donors (Lipinski definition) is 2. The Morgan fingerprint density at radius 3 is 2.38 bits per heavy atom. The van der Waals surface area contributed by atoms with E-state index in [1.807, 2.05) is 6.07 Å². The molecule has 3 N–H and O–H groups in total. The SMILES string of the molecule is CCOC(=O)C(=CNc1ccc(Cl)cc1-n1cc(C#N)c(N)c1C(=O)OC)C(=O)OCC.